The Morgan fingerprint density at radius 1 is 1.00 bits per heavy atom. The minimum absolute atomic E-state index is 0.578. The van der Waals surface area contributed by atoms with Gasteiger partial charge in [0.2, 0.25) is 5.95 Å². The number of H-pyrrole nitrogens is 1. The molecule has 3 N–H and O–H groups in total. The molecule has 0 bridgehead atoms. The molecule has 6 heteroatoms. The number of hydrogen-bond acceptors (Lipinski definition) is 5. The summed E-state index contributed by atoms with van der Waals surface area (Å²) in [6, 6.07) is 18.4. The van der Waals surface area contributed by atoms with Crippen LogP contribution < -0.4 is 15.5 Å². The fourth-order valence-corrected chi connectivity index (χ4v) is 3.15. The van der Waals surface area contributed by atoms with Gasteiger partial charge in [0.25, 0.3) is 0 Å². The average molecular weight is 372 g/mol. The van der Waals surface area contributed by atoms with Gasteiger partial charge in [-0.2, -0.15) is 4.98 Å². The monoisotopic (exact) mass is 372 g/mol. The Kier molecular flexibility index (Phi) is 5.10. The van der Waals surface area contributed by atoms with Gasteiger partial charge in [-0.15, -0.1) is 0 Å². The zero-order valence-corrected chi connectivity index (χ0v) is 16.1. The molecule has 0 atom stereocenters. The van der Waals surface area contributed by atoms with Crippen LogP contribution in [0.15, 0.2) is 67.0 Å². The summed E-state index contributed by atoms with van der Waals surface area (Å²) in [6.07, 6.45) is 4.76. The first-order chi connectivity index (χ1) is 13.7. The number of benzene rings is 2. The second-order valence-corrected chi connectivity index (χ2v) is 6.87. The molecule has 0 saturated carbocycles. The average Bonchev–Trinajstić information content (AvgIpc) is 3.12. The van der Waals surface area contributed by atoms with Crippen molar-refractivity contribution in [2.45, 2.75) is 6.42 Å². The Bertz CT molecular complexity index is 1050. The fraction of sp³-hybridized carbons (Fsp3) is 0.182. The van der Waals surface area contributed by atoms with Crippen LogP contribution in [-0.4, -0.2) is 35.6 Å². The van der Waals surface area contributed by atoms with Crippen molar-refractivity contribution < 1.29 is 0 Å². The van der Waals surface area contributed by atoms with Crippen molar-refractivity contribution in [3.63, 3.8) is 0 Å². The van der Waals surface area contributed by atoms with E-state index >= 15 is 0 Å². The molecule has 0 aliphatic carbocycles. The van der Waals surface area contributed by atoms with Gasteiger partial charge in [0, 0.05) is 55.3 Å². The summed E-state index contributed by atoms with van der Waals surface area (Å²) < 4.78 is 0. The van der Waals surface area contributed by atoms with E-state index in [2.05, 4.69) is 67.0 Å². The highest BCUT2D eigenvalue weighted by molar-refractivity contribution is 5.83. The van der Waals surface area contributed by atoms with Gasteiger partial charge in [0.05, 0.1) is 0 Å². The standard InChI is InChI=1S/C22H24N6/c1-28(2)18-9-7-17(8-10-18)26-22-24-14-12-21(27-22)23-13-11-16-15-25-20-6-4-3-5-19(16)20/h3-10,12,14-15,25H,11,13H2,1-2H3,(H2,23,24,26,27). The highest BCUT2D eigenvalue weighted by Gasteiger charge is 2.04. The van der Waals surface area contributed by atoms with Crippen LogP contribution in [0, 0.1) is 0 Å². The van der Waals surface area contributed by atoms with Gasteiger partial charge < -0.3 is 20.5 Å². The van der Waals surface area contributed by atoms with Crippen molar-refractivity contribution in [2.24, 2.45) is 0 Å². The zero-order chi connectivity index (χ0) is 19.3. The van der Waals surface area contributed by atoms with Crippen molar-refractivity contribution in [1.29, 1.82) is 0 Å². The summed E-state index contributed by atoms with van der Waals surface area (Å²) in [6.45, 7) is 0.801. The van der Waals surface area contributed by atoms with Gasteiger partial charge >= 0.3 is 0 Å². The molecular weight excluding hydrogens is 348 g/mol. The van der Waals surface area contributed by atoms with E-state index in [4.69, 9.17) is 0 Å². The van der Waals surface area contributed by atoms with Crippen LogP contribution in [0.3, 0.4) is 0 Å². The molecule has 142 valence electrons. The number of aromatic nitrogens is 3. The van der Waals surface area contributed by atoms with Crippen molar-refractivity contribution >= 4 is 34.0 Å². The quantitative estimate of drug-likeness (QED) is 0.448. The van der Waals surface area contributed by atoms with Crippen molar-refractivity contribution in [3.05, 3.63) is 72.6 Å². The molecule has 0 aliphatic heterocycles. The van der Waals surface area contributed by atoms with Gasteiger partial charge in [0.15, 0.2) is 0 Å². The van der Waals surface area contributed by atoms with Crippen LogP contribution in [0.1, 0.15) is 5.56 Å². The lowest BCUT2D eigenvalue weighted by Gasteiger charge is -2.13. The van der Waals surface area contributed by atoms with Crippen LogP contribution in [0.2, 0.25) is 0 Å². The number of hydrogen-bond donors (Lipinski definition) is 3. The van der Waals surface area contributed by atoms with Gasteiger partial charge in [0.1, 0.15) is 5.82 Å². The van der Waals surface area contributed by atoms with E-state index in [0.717, 1.165) is 30.2 Å². The molecule has 28 heavy (non-hydrogen) atoms. The zero-order valence-electron chi connectivity index (χ0n) is 16.1. The third kappa shape index (κ3) is 4.06. The predicted octanol–water partition coefficient (Wildman–Crippen LogP) is 4.42. The number of fused-ring (bicyclic) bond motifs is 1. The van der Waals surface area contributed by atoms with Crippen molar-refractivity contribution in [2.75, 3.05) is 36.2 Å². The van der Waals surface area contributed by atoms with Crippen LogP contribution in [0.5, 0.6) is 0 Å². The smallest absolute Gasteiger partial charge is 0.229 e. The lowest BCUT2D eigenvalue weighted by atomic mass is 10.1. The Morgan fingerprint density at radius 3 is 2.64 bits per heavy atom. The second kappa shape index (κ2) is 8.00. The maximum Gasteiger partial charge on any atom is 0.229 e. The maximum atomic E-state index is 4.56. The van der Waals surface area contributed by atoms with Crippen molar-refractivity contribution in [3.8, 4) is 0 Å². The Hall–Kier alpha value is -3.54. The Labute approximate surface area is 164 Å². The van der Waals surface area contributed by atoms with E-state index in [1.165, 1.54) is 16.5 Å². The summed E-state index contributed by atoms with van der Waals surface area (Å²) in [7, 11) is 4.05. The van der Waals surface area contributed by atoms with Crippen LogP contribution in [-0.2, 0) is 6.42 Å². The minimum atomic E-state index is 0.578. The topological polar surface area (TPSA) is 68.9 Å². The molecular formula is C22H24N6. The van der Waals surface area contributed by atoms with Crippen molar-refractivity contribution in [1.82, 2.24) is 15.0 Å². The third-order valence-corrected chi connectivity index (χ3v) is 4.67. The van der Waals surface area contributed by atoms with E-state index in [1.807, 2.05) is 38.4 Å². The molecule has 0 spiro atoms. The van der Waals surface area contributed by atoms with E-state index in [9.17, 15) is 0 Å². The summed E-state index contributed by atoms with van der Waals surface area (Å²) in [5.41, 5.74) is 4.59. The third-order valence-electron chi connectivity index (χ3n) is 4.67. The summed E-state index contributed by atoms with van der Waals surface area (Å²) in [4.78, 5) is 14.3. The first kappa shape index (κ1) is 17.9. The molecule has 2 aromatic carbocycles. The molecule has 2 heterocycles. The highest BCUT2D eigenvalue weighted by Crippen LogP contribution is 2.20. The SMILES string of the molecule is CN(C)c1ccc(Nc2nccc(NCCc3c[nH]c4ccccc34)n2)cc1. The molecule has 4 aromatic rings. The minimum Gasteiger partial charge on any atom is -0.378 e. The van der Waals surface area contributed by atoms with Crippen LogP contribution in [0.4, 0.5) is 23.1 Å². The van der Waals surface area contributed by atoms with E-state index in [1.54, 1.807) is 6.20 Å². The van der Waals surface area contributed by atoms with Gasteiger partial charge in [-0.05, 0) is 48.4 Å². The Balaban J connectivity index is 1.37. The number of nitrogens with one attached hydrogen (secondary N) is 3. The molecule has 0 radical (unpaired) electrons. The first-order valence-electron chi connectivity index (χ1n) is 9.35. The van der Waals surface area contributed by atoms with Crippen LogP contribution >= 0.6 is 0 Å². The molecule has 0 saturated heterocycles. The van der Waals surface area contributed by atoms with Gasteiger partial charge in [-0.3, -0.25) is 0 Å². The Morgan fingerprint density at radius 2 is 1.82 bits per heavy atom. The van der Waals surface area contributed by atoms with Gasteiger partial charge in [-0.1, -0.05) is 18.2 Å². The largest absolute Gasteiger partial charge is 0.378 e. The predicted molar refractivity (Wildman–Crippen MR) is 117 cm³/mol. The summed E-state index contributed by atoms with van der Waals surface area (Å²) in [5, 5.41) is 7.91. The molecule has 2 aromatic heterocycles. The lowest BCUT2D eigenvalue weighted by molar-refractivity contribution is 1.01. The first-order valence-corrected chi connectivity index (χ1v) is 9.35. The number of nitrogens with zero attached hydrogens (tertiary/aromatic N) is 3. The summed E-state index contributed by atoms with van der Waals surface area (Å²) >= 11 is 0. The normalized spacial score (nSPS) is 10.8. The lowest BCUT2D eigenvalue weighted by Crippen LogP contribution is -2.08. The number of anilines is 4. The van der Waals surface area contributed by atoms with E-state index in [0.29, 0.717) is 5.95 Å². The molecule has 0 aliphatic rings. The molecule has 4 rings (SSSR count). The van der Waals surface area contributed by atoms with Crippen LogP contribution in [0.25, 0.3) is 10.9 Å². The van der Waals surface area contributed by atoms with E-state index < -0.39 is 0 Å². The number of rotatable bonds is 7. The molecule has 6 nitrogen and oxygen atoms in total. The number of para-hydroxylation sites is 1. The van der Waals surface area contributed by atoms with E-state index in [-0.39, 0.29) is 0 Å². The van der Waals surface area contributed by atoms with Gasteiger partial charge in [-0.25, -0.2) is 4.98 Å². The maximum absolute atomic E-state index is 4.56. The summed E-state index contributed by atoms with van der Waals surface area (Å²) in [5.74, 6) is 1.39. The fourth-order valence-electron chi connectivity index (χ4n) is 3.15. The molecule has 0 fully saturated rings. The number of aromatic amines is 1. The second-order valence-electron chi connectivity index (χ2n) is 6.87. The molecule has 0 amide bonds. The molecule has 0 unspecified atom stereocenters. The highest BCUT2D eigenvalue weighted by atomic mass is 15.1.